The molecule has 0 aliphatic rings. The maximum absolute atomic E-state index is 9.28. The third-order valence-electron chi connectivity index (χ3n) is 1.49. The van der Waals surface area contributed by atoms with Crippen molar-refractivity contribution >= 4 is 23.9 Å². The van der Waals surface area contributed by atoms with Gasteiger partial charge in [0.1, 0.15) is 0 Å². The Morgan fingerprint density at radius 2 is 0.760 bits per heavy atom. The molecule has 0 aromatic heterocycles. The van der Waals surface area contributed by atoms with Gasteiger partial charge in [-0.25, -0.2) is 0 Å². The molecular weight excluding hydrogens is 706 g/mol. The number of hydrogen-bond donors (Lipinski definition) is 4. The van der Waals surface area contributed by atoms with E-state index in [2.05, 4.69) is 0 Å². The molecule has 0 unspecified atom stereocenters. The van der Waals surface area contributed by atoms with Gasteiger partial charge in [0.05, 0.1) is 0 Å². The molecule has 14 heteroatoms. The summed E-state index contributed by atoms with van der Waals surface area (Å²) in [5.74, 6) is -6.50. The molecule has 0 saturated carbocycles. The average Bonchev–Trinajstić information content (AvgIpc) is 2.27. The number of carboxylic acid groups (broad SMARTS) is 4. The molecule has 0 atom stereocenters. The van der Waals surface area contributed by atoms with Gasteiger partial charge >= 0.3 is 42.1 Å². The number of rotatable bonds is 8. The second kappa shape index (κ2) is 34.4. The van der Waals surface area contributed by atoms with Crippen LogP contribution < -0.4 is 44.2 Å². The monoisotopic (exact) mass is 730 g/mol. The molecule has 0 aliphatic carbocycles. The van der Waals surface area contributed by atoms with Crippen LogP contribution in [0.2, 0.25) is 0 Å². The van der Waals surface area contributed by atoms with Crippen LogP contribution in [-0.4, -0.2) is 37.0 Å². The molecule has 0 amide bonds. The first-order valence-electron chi connectivity index (χ1n) is 5.86. The Bertz CT molecular complexity index is 281. The first-order valence-corrected chi connectivity index (χ1v) is 5.86. The zero-order valence-corrected chi connectivity index (χ0v) is 18.0. The van der Waals surface area contributed by atoms with Crippen molar-refractivity contribution in [3.63, 3.8) is 0 Å². The van der Waals surface area contributed by atoms with E-state index < -0.39 is 36.7 Å². The van der Waals surface area contributed by atoms with E-state index in [9.17, 15) is 39.6 Å². The molecule has 0 aromatic carbocycles. The van der Waals surface area contributed by atoms with Crippen LogP contribution in [0.1, 0.15) is 32.1 Å². The van der Waals surface area contributed by atoms with Gasteiger partial charge in [-0.1, -0.05) is 6.42 Å². The minimum atomic E-state index is -1.63. The molecule has 0 fully saturated rings. The molecule has 25 heavy (non-hydrogen) atoms. The van der Waals surface area contributed by atoms with Crippen molar-refractivity contribution in [1.29, 1.82) is 0 Å². The fourth-order valence-electron chi connectivity index (χ4n) is 0.701. The van der Waals surface area contributed by atoms with E-state index in [0.29, 0.717) is 0 Å². The first kappa shape index (κ1) is 44.0. The summed E-state index contributed by atoms with van der Waals surface area (Å²) in [5.41, 5.74) is 10.5. The normalized spacial score (nSPS) is 7.12. The third kappa shape index (κ3) is 83.5. The Labute approximate surface area is 174 Å². The van der Waals surface area contributed by atoms with E-state index in [-0.39, 0.29) is 54.4 Å². The number of unbranched alkanes of at least 4 members (excludes halogenated alkanes) is 2. The van der Waals surface area contributed by atoms with Crippen molar-refractivity contribution in [2.45, 2.75) is 32.1 Å². The van der Waals surface area contributed by atoms with Gasteiger partial charge in [0.25, 0.3) is 0 Å². The van der Waals surface area contributed by atoms with Crippen molar-refractivity contribution in [3.8, 4) is 0 Å². The summed E-state index contributed by atoms with van der Waals surface area (Å²) in [6.45, 7) is 1.61. The Balaban J connectivity index is -0.0000000360. The van der Waals surface area contributed by atoms with E-state index >= 15 is 0 Å². The minimum absolute atomic E-state index is 0. The molecule has 0 radical (unpaired) electrons. The molecule has 0 saturated heterocycles. The number of hydrogen-bond acceptors (Lipinski definition) is 12. The largest absolute Gasteiger partial charge is 4.00 e. The average molecular weight is 730 g/mol. The molecule has 12 nitrogen and oxygen atoms in total. The maximum atomic E-state index is 9.28. The van der Waals surface area contributed by atoms with Crippen LogP contribution in [0.5, 0.6) is 0 Å². The summed E-state index contributed by atoms with van der Waals surface area (Å²) >= 11 is 0. The number of carbonyl (C=O) groups excluding carboxylic acids is 4. The van der Waals surface area contributed by atoms with Crippen LogP contribution >= 0.6 is 0 Å². The van der Waals surface area contributed by atoms with Crippen molar-refractivity contribution in [2.75, 3.05) is 13.1 Å². The quantitative estimate of drug-likeness (QED) is 0.134. The number of nitrogens with two attached hydrogens (primary N) is 2. The van der Waals surface area contributed by atoms with Crippen LogP contribution in [0.3, 0.4) is 0 Å². The molecule has 0 rings (SSSR count). The van der Waals surface area contributed by atoms with Crippen LogP contribution in [0, 0.1) is 0 Å². The topological polar surface area (TPSA) is 283 Å². The molecule has 0 aromatic rings. The van der Waals surface area contributed by atoms with Crippen molar-refractivity contribution in [2.24, 2.45) is 11.5 Å². The second-order valence-corrected chi connectivity index (χ2v) is 3.48. The second-order valence-electron chi connectivity index (χ2n) is 3.48. The predicted molar refractivity (Wildman–Crippen MR) is 71.3 cm³/mol. The van der Waals surface area contributed by atoms with Gasteiger partial charge in [0.2, 0.25) is 0 Å². The Morgan fingerprint density at radius 1 is 0.560 bits per heavy atom. The molecule has 0 heterocycles. The summed E-state index contributed by atoms with van der Waals surface area (Å²) in [5, 5.41) is 37.1. The summed E-state index contributed by atoms with van der Waals surface area (Å²) in [6.07, 6.45) is 1.38. The summed E-state index contributed by atoms with van der Waals surface area (Å²) in [4.78, 5) is 37.1. The van der Waals surface area contributed by atoms with Gasteiger partial charge in [0, 0.05) is 36.7 Å². The van der Waals surface area contributed by atoms with Gasteiger partial charge in [-0.2, -0.15) is 0 Å². The Kier molecular flexibility index (Phi) is 60.6. The maximum Gasteiger partial charge on any atom is 4.00 e. The predicted octanol–water partition coefficient (Wildman–Crippen LogP) is -5.85. The van der Waals surface area contributed by atoms with Crippen molar-refractivity contribution < 1.29 is 81.7 Å². The van der Waals surface area contributed by atoms with E-state index in [1.54, 1.807) is 0 Å². The summed E-state index contributed by atoms with van der Waals surface area (Å²) in [7, 11) is 0. The standard InChI is InChI=1S/C5H14N2.2C3H4O4.2H3N.2Pt/c6-4-2-1-3-5-7;2*4-2(5)1-3(6)7;;;;/h1-7H2;2*1H2,(H,4,5)(H,6,7);2*1H3;;/q;;;;;2*+4/p-4. The fourth-order valence-corrected chi connectivity index (χ4v) is 0.701. The van der Waals surface area contributed by atoms with E-state index in [0.717, 1.165) is 25.9 Å². The Hall–Kier alpha value is -0.903. The van der Waals surface area contributed by atoms with Crippen LogP contribution in [0.25, 0.3) is 0 Å². The van der Waals surface area contributed by atoms with Crippen LogP contribution in [0.15, 0.2) is 0 Å². The van der Waals surface area contributed by atoms with E-state index in [1.807, 2.05) is 0 Å². The third-order valence-corrected chi connectivity index (χ3v) is 1.49. The minimum Gasteiger partial charge on any atom is -0.550 e. The molecule has 10 N–H and O–H groups in total. The van der Waals surface area contributed by atoms with Crippen molar-refractivity contribution in [3.05, 3.63) is 0 Å². The van der Waals surface area contributed by atoms with Crippen LogP contribution in [0.4, 0.5) is 0 Å². The fraction of sp³-hybridized carbons (Fsp3) is 0.636. The number of aliphatic carboxylic acids is 4. The van der Waals surface area contributed by atoms with E-state index in [4.69, 9.17) is 11.5 Å². The zero-order chi connectivity index (χ0) is 17.3. The van der Waals surface area contributed by atoms with Gasteiger partial charge in [-0.15, -0.1) is 0 Å². The first-order chi connectivity index (χ1) is 9.67. The van der Waals surface area contributed by atoms with Crippen LogP contribution in [-0.2, 0) is 61.3 Å². The summed E-state index contributed by atoms with van der Waals surface area (Å²) < 4.78 is 0. The van der Waals surface area contributed by atoms with E-state index in [1.165, 1.54) is 6.42 Å². The smallest absolute Gasteiger partial charge is 0.550 e. The molecule has 0 bridgehead atoms. The number of carbonyl (C=O) groups is 4. The van der Waals surface area contributed by atoms with Gasteiger partial charge in [-0.3, -0.25) is 0 Å². The molecule has 0 aliphatic heterocycles. The molecule has 0 spiro atoms. The molecule has 152 valence electrons. The van der Waals surface area contributed by atoms with Gasteiger partial charge < -0.3 is 63.4 Å². The zero-order valence-electron chi connectivity index (χ0n) is 13.4. The van der Waals surface area contributed by atoms with Gasteiger partial charge in [0.15, 0.2) is 0 Å². The van der Waals surface area contributed by atoms with Crippen molar-refractivity contribution in [1.82, 2.24) is 12.3 Å². The summed E-state index contributed by atoms with van der Waals surface area (Å²) in [6, 6.07) is 0. The Morgan fingerprint density at radius 3 is 0.840 bits per heavy atom. The number of carboxylic acids is 4. The SMILES string of the molecule is N.N.NCCCCCN.O=C([O-])CC(=O)[O-].O=C([O-])CC(=O)[O-].[Pt+4].[Pt+4]. The molecular formula is C11H24N4O8Pt2+4. The van der Waals surface area contributed by atoms with Gasteiger partial charge in [-0.05, 0) is 25.9 Å².